The van der Waals surface area contributed by atoms with Crippen molar-refractivity contribution in [3.63, 3.8) is 0 Å². The second kappa shape index (κ2) is 12.3. The van der Waals surface area contributed by atoms with Crippen LogP contribution in [0.4, 0.5) is 17.6 Å². The van der Waals surface area contributed by atoms with Gasteiger partial charge in [-0.3, -0.25) is 0 Å². The molecule has 2 aromatic heterocycles. The Kier molecular flexibility index (Phi) is 8.70. The van der Waals surface area contributed by atoms with Gasteiger partial charge in [0.05, 0.1) is 21.3 Å². The monoisotopic (exact) mass is 542 g/mol. The molecule has 1 aliphatic carbocycles. The highest BCUT2D eigenvalue weighted by molar-refractivity contribution is 6.30. The highest BCUT2D eigenvalue weighted by Gasteiger charge is 2.38. The minimum Gasteiger partial charge on any atom is -0.493 e. The van der Waals surface area contributed by atoms with Gasteiger partial charge in [-0.15, -0.1) is 0 Å². The lowest BCUT2D eigenvalue weighted by Gasteiger charge is -2.14. The number of nitrogens with zero attached hydrogens (tertiary/aromatic N) is 6. The van der Waals surface area contributed by atoms with Crippen molar-refractivity contribution in [1.29, 1.82) is 0 Å². The Morgan fingerprint density at radius 2 is 1.41 bits per heavy atom. The van der Waals surface area contributed by atoms with Gasteiger partial charge in [-0.1, -0.05) is 30.3 Å². The molecule has 13 heteroatoms. The average Bonchev–Trinajstić information content (AvgIpc) is 3.68. The Morgan fingerprint density at radius 1 is 0.784 bits per heavy atom. The van der Waals surface area contributed by atoms with E-state index in [4.69, 9.17) is 37.4 Å². The Labute approximate surface area is 223 Å². The molecule has 1 saturated carbocycles. The zero-order valence-electron chi connectivity index (χ0n) is 20.2. The molecule has 2 aromatic carbocycles. The molecule has 0 spiro atoms. The van der Waals surface area contributed by atoms with Crippen LogP contribution in [0.25, 0.3) is 0 Å². The van der Waals surface area contributed by atoms with Crippen molar-refractivity contribution in [2.75, 3.05) is 32.0 Å². The number of nitrogens with one attached hydrogen (secondary N) is 2. The summed E-state index contributed by atoms with van der Waals surface area (Å²) < 4.78 is 16.1. The number of hydrogen-bond acceptors (Lipinski definition) is 11. The lowest BCUT2D eigenvalue weighted by Crippen LogP contribution is -2.09. The van der Waals surface area contributed by atoms with Gasteiger partial charge in [-0.25, -0.2) is 19.9 Å². The second-order valence-electron chi connectivity index (χ2n) is 7.70. The van der Waals surface area contributed by atoms with E-state index in [1.165, 1.54) is 18.2 Å². The van der Waals surface area contributed by atoms with Crippen molar-refractivity contribution in [2.45, 2.75) is 18.4 Å². The summed E-state index contributed by atoms with van der Waals surface area (Å²) in [7, 11) is 4.72. The van der Waals surface area contributed by atoms with E-state index < -0.39 is 0 Å². The fourth-order valence-electron chi connectivity index (χ4n) is 3.56. The minimum atomic E-state index is 0.116. The van der Waals surface area contributed by atoms with Crippen molar-refractivity contribution in [1.82, 2.24) is 29.9 Å². The highest BCUT2D eigenvalue weighted by Crippen LogP contribution is 2.42. The Morgan fingerprint density at radius 3 is 1.97 bits per heavy atom. The van der Waals surface area contributed by atoms with Crippen molar-refractivity contribution in [3.8, 4) is 17.2 Å². The summed E-state index contributed by atoms with van der Waals surface area (Å²) in [5.74, 6) is 3.07. The summed E-state index contributed by atoms with van der Waals surface area (Å²) in [5, 5.41) is 6.78. The number of anilines is 3. The molecule has 0 saturated heterocycles. The summed E-state index contributed by atoms with van der Waals surface area (Å²) in [5.41, 5.74) is 2.04. The minimum absolute atomic E-state index is 0.116. The standard InChI is InChI=1S/C21H23N5O3.C3HCl2N3/c1-27-17-9-14(10-18(28-2)19(17)29-3)24-20-22-12-23-21(26-20)25-16-11-15(16)13-7-5-4-6-8-13;4-2-6-1-7-3(5)8-2/h4-10,12,15-16H,11H2,1-3H3,(H2,22,23,24,25,26);1H. The number of aromatic nitrogens is 6. The third-order valence-corrected chi connectivity index (χ3v) is 5.70. The fraction of sp³-hybridized carbons (Fsp3) is 0.250. The molecule has 11 nitrogen and oxygen atoms in total. The topological polar surface area (TPSA) is 129 Å². The predicted octanol–water partition coefficient (Wildman–Crippen LogP) is 4.79. The molecule has 0 aliphatic heterocycles. The fourth-order valence-corrected chi connectivity index (χ4v) is 3.85. The number of rotatable bonds is 8. The van der Waals surface area contributed by atoms with Crippen LogP contribution in [-0.2, 0) is 0 Å². The SMILES string of the molecule is COc1cc(Nc2ncnc(NC3CC3c3ccccc3)n2)cc(OC)c1OC.Clc1ncnc(Cl)n1. The first kappa shape index (κ1) is 26.1. The molecule has 2 atom stereocenters. The molecule has 4 aromatic rings. The maximum Gasteiger partial charge on any atom is 0.231 e. The molecule has 5 rings (SSSR count). The zero-order chi connectivity index (χ0) is 26.2. The second-order valence-corrected chi connectivity index (χ2v) is 8.38. The van der Waals surface area contributed by atoms with Crippen LogP contribution in [-0.4, -0.2) is 57.3 Å². The average molecular weight is 543 g/mol. The molecular weight excluding hydrogens is 519 g/mol. The highest BCUT2D eigenvalue weighted by atomic mass is 35.5. The molecule has 37 heavy (non-hydrogen) atoms. The van der Waals surface area contributed by atoms with Crippen LogP contribution in [0.2, 0.25) is 10.6 Å². The van der Waals surface area contributed by atoms with Crippen LogP contribution in [0.3, 0.4) is 0 Å². The van der Waals surface area contributed by atoms with Gasteiger partial charge >= 0.3 is 0 Å². The van der Waals surface area contributed by atoms with Gasteiger partial charge in [0.15, 0.2) is 11.5 Å². The molecule has 2 unspecified atom stereocenters. The predicted molar refractivity (Wildman–Crippen MR) is 140 cm³/mol. The van der Waals surface area contributed by atoms with Crippen LogP contribution < -0.4 is 24.8 Å². The first-order valence-electron chi connectivity index (χ1n) is 11.1. The van der Waals surface area contributed by atoms with E-state index in [-0.39, 0.29) is 10.6 Å². The molecular formula is C24H24Cl2N8O3. The lowest BCUT2D eigenvalue weighted by atomic mass is 10.1. The van der Waals surface area contributed by atoms with E-state index in [1.54, 1.807) is 33.5 Å². The lowest BCUT2D eigenvalue weighted by molar-refractivity contribution is 0.324. The van der Waals surface area contributed by atoms with Crippen molar-refractivity contribution in [3.05, 3.63) is 71.2 Å². The largest absolute Gasteiger partial charge is 0.493 e. The normalized spacial score (nSPS) is 15.6. The molecule has 0 radical (unpaired) electrons. The van der Waals surface area contributed by atoms with Crippen LogP contribution >= 0.6 is 23.2 Å². The number of hydrogen-bond donors (Lipinski definition) is 2. The van der Waals surface area contributed by atoms with Crippen LogP contribution in [0.15, 0.2) is 55.1 Å². The van der Waals surface area contributed by atoms with Crippen molar-refractivity contribution in [2.24, 2.45) is 0 Å². The molecule has 0 bridgehead atoms. The van der Waals surface area contributed by atoms with Crippen LogP contribution in [0.5, 0.6) is 17.2 Å². The molecule has 2 heterocycles. The van der Waals surface area contributed by atoms with Gasteiger partial charge in [0.25, 0.3) is 0 Å². The van der Waals surface area contributed by atoms with E-state index in [9.17, 15) is 0 Å². The maximum atomic E-state index is 5.39. The van der Waals surface area contributed by atoms with Gasteiger partial charge in [0.2, 0.25) is 28.2 Å². The Balaban J connectivity index is 0.000000342. The van der Waals surface area contributed by atoms with E-state index in [0.29, 0.717) is 46.8 Å². The first-order valence-corrected chi connectivity index (χ1v) is 11.8. The van der Waals surface area contributed by atoms with E-state index >= 15 is 0 Å². The first-order chi connectivity index (χ1) is 18.0. The number of ether oxygens (including phenoxy) is 3. The maximum absolute atomic E-state index is 5.39. The van der Waals surface area contributed by atoms with Gasteiger partial charge in [-0.05, 0) is 35.2 Å². The Bertz CT molecular complexity index is 1290. The Hall–Kier alpha value is -3.96. The number of halogens is 2. The van der Waals surface area contributed by atoms with Gasteiger partial charge in [0, 0.05) is 29.8 Å². The van der Waals surface area contributed by atoms with Crippen molar-refractivity contribution >= 4 is 40.8 Å². The smallest absolute Gasteiger partial charge is 0.231 e. The molecule has 2 N–H and O–H groups in total. The number of benzene rings is 2. The van der Waals surface area contributed by atoms with E-state index in [2.05, 4.69) is 64.8 Å². The molecule has 192 valence electrons. The van der Waals surface area contributed by atoms with E-state index in [0.717, 1.165) is 6.42 Å². The van der Waals surface area contributed by atoms with Crippen molar-refractivity contribution < 1.29 is 14.2 Å². The van der Waals surface area contributed by atoms with Gasteiger partial charge in [-0.2, -0.15) is 9.97 Å². The van der Waals surface area contributed by atoms with Crippen LogP contribution in [0, 0.1) is 0 Å². The van der Waals surface area contributed by atoms with E-state index in [1.807, 2.05) is 6.07 Å². The molecule has 1 aliphatic rings. The number of methoxy groups -OCH3 is 3. The van der Waals surface area contributed by atoms with Gasteiger partial charge in [0.1, 0.15) is 12.7 Å². The molecule has 0 amide bonds. The van der Waals surface area contributed by atoms with Gasteiger partial charge < -0.3 is 24.8 Å². The summed E-state index contributed by atoms with van der Waals surface area (Å²) in [6.07, 6.45) is 3.79. The molecule has 1 fully saturated rings. The summed E-state index contributed by atoms with van der Waals surface area (Å²) in [4.78, 5) is 23.4. The summed E-state index contributed by atoms with van der Waals surface area (Å²) >= 11 is 10.6. The quantitative estimate of drug-likeness (QED) is 0.318. The summed E-state index contributed by atoms with van der Waals surface area (Å²) in [6, 6.07) is 14.4. The third-order valence-electron chi connectivity index (χ3n) is 5.34. The summed E-state index contributed by atoms with van der Waals surface area (Å²) in [6.45, 7) is 0. The third kappa shape index (κ3) is 7.05. The van der Waals surface area contributed by atoms with Crippen LogP contribution in [0.1, 0.15) is 17.9 Å². The zero-order valence-corrected chi connectivity index (χ0v) is 21.7.